The van der Waals surface area contributed by atoms with Crippen LogP contribution < -0.4 is 10.2 Å². The zero-order valence-electron chi connectivity index (χ0n) is 13.6. The van der Waals surface area contributed by atoms with Crippen LogP contribution in [0.1, 0.15) is 17.8 Å². The number of carbonyl (C=O) groups is 2. The fraction of sp³-hybridized carbons (Fsp3) is 0.353. The van der Waals surface area contributed by atoms with E-state index in [1.54, 1.807) is 21.7 Å². The van der Waals surface area contributed by atoms with Crippen LogP contribution in [0, 0.1) is 13.8 Å². The maximum absolute atomic E-state index is 12.5. The van der Waals surface area contributed by atoms with E-state index in [1.807, 2.05) is 32.0 Å². The Hall–Kier alpha value is -2.34. The highest BCUT2D eigenvalue weighted by Gasteiger charge is 2.34. The van der Waals surface area contributed by atoms with Crippen LogP contribution in [0.2, 0.25) is 5.02 Å². The van der Waals surface area contributed by atoms with Crippen molar-refractivity contribution >= 4 is 29.1 Å². The minimum atomic E-state index is -0.522. The standard InChI is InChI=1S/C17H19ClN4O2/c1-11-9-12(2)22(20-11)10-16(23)19-14-7-8-21(17(14)24)15-6-4-3-5-13(15)18/h3-6,9,14H,7-8,10H2,1-2H3,(H,19,23). The summed E-state index contributed by atoms with van der Waals surface area (Å²) < 4.78 is 1.63. The highest BCUT2D eigenvalue weighted by molar-refractivity contribution is 6.34. The summed E-state index contributed by atoms with van der Waals surface area (Å²) in [4.78, 5) is 26.4. The molecule has 2 aromatic rings. The second-order valence-electron chi connectivity index (χ2n) is 5.93. The van der Waals surface area contributed by atoms with Crippen LogP contribution in [0.5, 0.6) is 0 Å². The molecule has 1 unspecified atom stereocenters. The lowest BCUT2D eigenvalue weighted by molar-refractivity contribution is -0.127. The van der Waals surface area contributed by atoms with Gasteiger partial charge < -0.3 is 10.2 Å². The quantitative estimate of drug-likeness (QED) is 0.921. The van der Waals surface area contributed by atoms with Gasteiger partial charge in [0.2, 0.25) is 11.8 Å². The van der Waals surface area contributed by atoms with E-state index in [2.05, 4.69) is 10.4 Å². The normalized spacial score (nSPS) is 17.4. The zero-order chi connectivity index (χ0) is 17.3. The second kappa shape index (κ2) is 6.65. The molecule has 1 aromatic carbocycles. The Morgan fingerprint density at radius 1 is 1.38 bits per heavy atom. The van der Waals surface area contributed by atoms with Crippen molar-refractivity contribution in [3.8, 4) is 0 Å². The van der Waals surface area contributed by atoms with Crippen molar-refractivity contribution in [1.82, 2.24) is 15.1 Å². The van der Waals surface area contributed by atoms with E-state index in [-0.39, 0.29) is 18.4 Å². The fourth-order valence-corrected chi connectivity index (χ4v) is 3.17. The minimum absolute atomic E-state index is 0.107. The summed E-state index contributed by atoms with van der Waals surface area (Å²) >= 11 is 6.16. The predicted molar refractivity (Wildman–Crippen MR) is 92.1 cm³/mol. The maximum Gasteiger partial charge on any atom is 0.249 e. The number of aryl methyl sites for hydroxylation is 2. The molecule has 1 aliphatic rings. The Kier molecular flexibility index (Phi) is 4.57. The average molecular weight is 347 g/mol. The first kappa shape index (κ1) is 16.5. The van der Waals surface area contributed by atoms with E-state index in [0.717, 1.165) is 11.4 Å². The highest BCUT2D eigenvalue weighted by Crippen LogP contribution is 2.28. The van der Waals surface area contributed by atoms with Gasteiger partial charge >= 0.3 is 0 Å². The SMILES string of the molecule is Cc1cc(C)n(CC(=O)NC2CCN(c3ccccc3Cl)C2=O)n1. The van der Waals surface area contributed by atoms with Crippen molar-refractivity contribution in [2.24, 2.45) is 0 Å². The van der Waals surface area contributed by atoms with Crippen LogP contribution in [0.15, 0.2) is 30.3 Å². The largest absolute Gasteiger partial charge is 0.343 e. The van der Waals surface area contributed by atoms with Crippen molar-refractivity contribution in [2.75, 3.05) is 11.4 Å². The molecule has 2 amide bonds. The third kappa shape index (κ3) is 3.28. The molecular weight excluding hydrogens is 328 g/mol. The molecule has 0 radical (unpaired) electrons. The van der Waals surface area contributed by atoms with Crippen molar-refractivity contribution < 1.29 is 9.59 Å². The first-order valence-corrected chi connectivity index (χ1v) is 8.20. The van der Waals surface area contributed by atoms with Gasteiger partial charge in [0.25, 0.3) is 0 Å². The number of hydrogen-bond donors (Lipinski definition) is 1. The number of rotatable bonds is 4. The summed E-state index contributed by atoms with van der Waals surface area (Å²) in [5, 5.41) is 7.59. The number of nitrogens with zero attached hydrogens (tertiary/aromatic N) is 3. The number of aromatic nitrogens is 2. The molecule has 0 spiro atoms. The fourth-order valence-electron chi connectivity index (χ4n) is 2.93. The van der Waals surface area contributed by atoms with E-state index < -0.39 is 6.04 Å². The van der Waals surface area contributed by atoms with Gasteiger partial charge in [0.1, 0.15) is 12.6 Å². The summed E-state index contributed by atoms with van der Waals surface area (Å²) in [6, 6.07) is 8.60. The van der Waals surface area contributed by atoms with Gasteiger partial charge in [0.05, 0.1) is 16.4 Å². The molecule has 6 nitrogen and oxygen atoms in total. The van der Waals surface area contributed by atoms with Gasteiger partial charge in [-0.3, -0.25) is 14.3 Å². The summed E-state index contributed by atoms with van der Waals surface area (Å²) in [7, 11) is 0. The molecule has 0 bridgehead atoms. The summed E-state index contributed by atoms with van der Waals surface area (Å²) in [5.41, 5.74) is 2.46. The van der Waals surface area contributed by atoms with Crippen molar-refractivity contribution in [3.05, 3.63) is 46.7 Å². The van der Waals surface area contributed by atoms with Gasteiger partial charge in [-0.05, 0) is 38.5 Å². The molecule has 1 saturated heterocycles. The molecule has 1 aliphatic heterocycles. The number of anilines is 1. The number of carbonyl (C=O) groups excluding carboxylic acids is 2. The lowest BCUT2D eigenvalue weighted by Crippen LogP contribution is -2.43. The van der Waals surface area contributed by atoms with Crippen LogP contribution in [0.3, 0.4) is 0 Å². The molecule has 1 fully saturated rings. The van der Waals surface area contributed by atoms with Crippen LogP contribution in [-0.4, -0.2) is 34.2 Å². The number of amides is 2. The maximum atomic E-state index is 12.5. The lowest BCUT2D eigenvalue weighted by Gasteiger charge is -2.18. The third-order valence-electron chi connectivity index (χ3n) is 4.08. The van der Waals surface area contributed by atoms with Crippen LogP contribution in [0.25, 0.3) is 0 Å². The third-order valence-corrected chi connectivity index (χ3v) is 4.40. The molecule has 0 aliphatic carbocycles. The summed E-state index contributed by atoms with van der Waals surface area (Å²) in [6.07, 6.45) is 0.562. The van der Waals surface area contributed by atoms with E-state index in [1.165, 1.54) is 0 Å². The topological polar surface area (TPSA) is 67.2 Å². The van der Waals surface area contributed by atoms with E-state index >= 15 is 0 Å². The number of hydrogen-bond acceptors (Lipinski definition) is 3. The van der Waals surface area contributed by atoms with Crippen molar-refractivity contribution in [3.63, 3.8) is 0 Å². The van der Waals surface area contributed by atoms with Gasteiger partial charge in [0, 0.05) is 12.2 Å². The molecule has 126 valence electrons. The Labute approximate surface area is 145 Å². The molecule has 7 heteroatoms. The van der Waals surface area contributed by atoms with Gasteiger partial charge in [-0.15, -0.1) is 0 Å². The Morgan fingerprint density at radius 3 is 2.79 bits per heavy atom. The van der Waals surface area contributed by atoms with Crippen LogP contribution >= 0.6 is 11.6 Å². The minimum Gasteiger partial charge on any atom is -0.343 e. The molecular formula is C17H19ClN4O2. The smallest absolute Gasteiger partial charge is 0.249 e. The monoisotopic (exact) mass is 346 g/mol. The number of benzene rings is 1. The van der Waals surface area contributed by atoms with Gasteiger partial charge in [-0.1, -0.05) is 23.7 Å². The predicted octanol–water partition coefficient (Wildman–Crippen LogP) is 2.08. The van der Waals surface area contributed by atoms with Crippen molar-refractivity contribution in [1.29, 1.82) is 0 Å². The zero-order valence-corrected chi connectivity index (χ0v) is 14.4. The Bertz CT molecular complexity index is 787. The number of para-hydroxylation sites is 1. The first-order chi connectivity index (χ1) is 11.5. The molecule has 1 atom stereocenters. The van der Waals surface area contributed by atoms with Gasteiger partial charge in [-0.25, -0.2) is 0 Å². The number of nitrogens with one attached hydrogen (secondary N) is 1. The summed E-state index contributed by atoms with van der Waals surface area (Å²) in [6.45, 7) is 4.42. The van der Waals surface area contributed by atoms with Crippen molar-refractivity contribution in [2.45, 2.75) is 32.9 Å². The molecule has 3 rings (SSSR count). The van der Waals surface area contributed by atoms with Crippen LogP contribution in [-0.2, 0) is 16.1 Å². The van der Waals surface area contributed by atoms with E-state index in [4.69, 9.17) is 11.6 Å². The molecule has 2 heterocycles. The highest BCUT2D eigenvalue weighted by atomic mass is 35.5. The molecule has 1 aromatic heterocycles. The van der Waals surface area contributed by atoms with Gasteiger partial charge in [-0.2, -0.15) is 5.10 Å². The molecule has 1 N–H and O–H groups in total. The first-order valence-electron chi connectivity index (χ1n) is 7.82. The van der Waals surface area contributed by atoms with E-state index in [9.17, 15) is 9.59 Å². The Morgan fingerprint density at radius 2 is 2.12 bits per heavy atom. The second-order valence-corrected chi connectivity index (χ2v) is 6.34. The number of halogens is 1. The average Bonchev–Trinajstić information content (AvgIpc) is 3.03. The van der Waals surface area contributed by atoms with Crippen LogP contribution in [0.4, 0.5) is 5.69 Å². The molecule has 0 saturated carbocycles. The Balaban J connectivity index is 1.64. The summed E-state index contributed by atoms with van der Waals surface area (Å²) in [5.74, 6) is -0.356. The lowest BCUT2D eigenvalue weighted by atomic mass is 10.2. The molecule has 24 heavy (non-hydrogen) atoms. The van der Waals surface area contributed by atoms with Gasteiger partial charge in [0.15, 0.2) is 0 Å². The van der Waals surface area contributed by atoms with E-state index in [0.29, 0.717) is 23.7 Å².